The summed E-state index contributed by atoms with van der Waals surface area (Å²) in [5.41, 5.74) is 1.68. The lowest BCUT2D eigenvalue weighted by Crippen LogP contribution is -2.50. The number of amides is 1. The summed E-state index contributed by atoms with van der Waals surface area (Å²) in [6, 6.07) is 7.51. The Morgan fingerprint density at radius 2 is 2.15 bits per heavy atom. The van der Waals surface area contributed by atoms with Gasteiger partial charge in [0.1, 0.15) is 4.99 Å². The Morgan fingerprint density at radius 1 is 1.45 bits per heavy atom. The van der Waals surface area contributed by atoms with Crippen LogP contribution in [0.15, 0.2) is 24.3 Å². The van der Waals surface area contributed by atoms with E-state index in [1.807, 2.05) is 38.1 Å². The zero-order chi connectivity index (χ0) is 14.7. The first-order valence-electron chi connectivity index (χ1n) is 6.94. The highest BCUT2D eigenvalue weighted by molar-refractivity contribution is 7.80. The van der Waals surface area contributed by atoms with Gasteiger partial charge < -0.3 is 10.1 Å². The highest BCUT2D eigenvalue weighted by Crippen LogP contribution is 2.34. The maximum Gasteiger partial charge on any atom is 0.415 e. The molecule has 1 aliphatic heterocycles. The number of anilines is 2. The third-order valence-corrected chi connectivity index (χ3v) is 3.51. The SMILES string of the molecule is CCC[C@H]1C(=S)Nc2ccccc2N1C(=O)OC(C)C. The lowest BCUT2D eigenvalue weighted by Gasteiger charge is -2.37. The number of para-hydroxylation sites is 2. The minimum Gasteiger partial charge on any atom is -0.446 e. The third-order valence-electron chi connectivity index (χ3n) is 3.13. The van der Waals surface area contributed by atoms with Gasteiger partial charge in [0.15, 0.2) is 0 Å². The van der Waals surface area contributed by atoms with Crippen LogP contribution in [0, 0.1) is 0 Å². The second kappa shape index (κ2) is 6.22. The number of ether oxygens (including phenoxy) is 1. The fourth-order valence-corrected chi connectivity index (χ4v) is 2.64. The van der Waals surface area contributed by atoms with E-state index in [-0.39, 0.29) is 18.2 Å². The van der Waals surface area contributed by atoms with Crippen LogP contribution in [0.2, 0.25) is 0 Å². The number of fused-ring (bicyclic) bond motifs is 1. The standard InChI is InChI=1S/C15H20N2O2S/c1-4-7-13-14(20)16-11-8-5-6-9-12(11)17(13)15(18)19-10(2)3/h5-6,8-10,13H,4,7H2,1-3H3,(H,16,20)/t13-/m0/s1. The van der Waals surface area contributed by atoms with Crippen molar-refractivity contribution in [1.82, 2.24) is 0 Å². The molecule has 1 atom stereocenters. The molecule has 1 N–H and O–H groups in total. The predicted molar refractivity (Wildman–Crippen MR) is 85.5 cm³/mol. The molecule has 1 aromatic carbocycles. The van der Waals surface area contributed by atoms with E-state index in [0.29, 0.717) is 4.99 Å². The number of rotatable bonds is 3. The Labute approximate surface area is 125 Å². The number of hydrogen-bond donors (Lipinski definition) is 1. The van der Waals surface area contributed by atoms with Gasteiger partial charge in [0.25, 0.3) is 0 Å². The summed E-state index contributed by atoms with van der Waals surface area (Å²) in [4.78, 5) is 14.8. The van der Waals surface area contributed by atoms with Gasteiger partial charge in [-0.05, 0) is 32.4 Å². The first kappa shape index (κ1) is 14.8. The van der Waals surface area contributed by atoms with Crippen LogP contribution in [-0.4, -0.2) is 23.2 Å². The van der Waals surface area contributed by atoms with Gasteiger partial charge >= 0.3 is 6.09 Å². The molecule has 0 radical (unpaired) electrons. The molecule has 0 aliphatic carbocycles. The molecule has 0 saturated carbocycles. The largest absolute Gasteiger partial charge is 0.446 e. The molecule has 108 valence electrons. The van der Waals surface area contributed by atoms with Gasteiger partial charge in [-0.1, -0.05) is 37.7 Å². The quantitative estimate of drug-likeness (QED) is 0.856. The number of nitrogens with one attached hydrogen (secondary N) is 1. The smallest absolute Gasteiger partial charge is 0.415 e. The van der Waals surface area contributed by atoms with Gasteiger partial charge in [-0.3, -0.25) is 4.90 Å². The van der Waals surface area contributed by atoms with Crippen molar-refractivity contribution in [2.24, 2.45) is 0 Å². The van der Waals surface area contributed by atoms with Gasteiger partial charge in [0.2, 0.25) is 0 Å². The number of nitrogens with zero attached hydrogens (tertiary/aromatic N) is 1. The van der Waals surface area contributed by atoms with Crippen molar-refractivity contribution in [2.45, 2.75) is 45.8 Å². The molecule has 1 aliphatic rings. The molecule has 0 aromatic heterocycles. The lowest BCUT2D eigenvalue weighted by atomic mass is 10.1. The summed E-state index contributed by atoms with van der Waals surface area (Å²) in [6.07, 6.45) is 1.27. The first-order chi connectivity index (χ1) is 9.54. The Morgan fingerprint density at radius 3 is 2.80 bits per heavy atom. The lowest BCUT2D eigenvalue weighted by molar-refractivity contribution is 0.121. The molecule has 1 heterocycles. The fourth-order valence-electron chi connectivity index (χ4n) is 2.31. The number of thiocarbonyl (C=S) groups is 1. The summed E-state index contributed by atoms with van der Waals surface area (Å²) in [5.74, 6) is 0. The van der Waals surface area contributed by atoms with Crippen LogP contribution in [0.1, 0.15) is 33.6 Å². The summed E-state index contributed by atoms with van der Waals surface area (Å²) in [5, 5.41) is 3.21. The second-order valence-electron chi connectivity index (χ2n) is 5.11. The van der Waals surface area contributed by atoms with Gasteiger partial charge in [-0.15, -0.1) is 0 Å². The van der Waals surface area contributed by atoms with Crippen molar-refractivity contribution in [2.75, 3.05) is 10.2 Å². The van der Waals surface area contributed by atoms with E-state index in [9.17, 15) is 4.79 Å². The van der Waals surface area contributed by atoms with Crippen molar-refractivity contribution in [3.8, 4) is 0 Å². The van der Waals surface area contributed by atoms with Gasteiger partial charge in [0, 0.05) is 0 Å². The van der Waals surface area contributed by atoms with E-state index >= 15 is 0 Å². The molecular weight excluding hydrogens is 272 g/mol. The monoisotopic (exact) mass is 292 g/mol. The van der Waals surface area contributed by atoms with E-state index in [1.54, 1.807) is 4.90 Å². The summed E-state index contributed by atoms with van der Waals surface area (Å²) in [6.45, 7) is 5.77. The van der Waals surface area contributed by atoms with E-state index in [2.05, 4.69) is 12.2 Å². The molecule has 4 nitrogen and oxygen atoms in total. The maximum atomic E-state index is 12.4. The Balaban J connectivity index is 2.40. The topological polar surface area (TPSA) is 41.6 Å². The minimum atomic E-state index is -0.338. The molecule has 0 spiro atoms. The van der Waals surface area contributed by atoms with Crippen molar-refractivity contribution in [3.63, 3.8) is 0 Å². The second-order valence-corrected chi connectivity index (χ2v) is 5.55. The number of benzene rings is 1. The average molecular weight is 292 g/mol. The van der Waals surface area contributed by atoms with Crippen LogP contribution in [0.4, 0.5) is 16.2 Å². The van der Waals surface area contributed by atoms with Crippen molar-refractivity contribution >= 4 is 34.7 Å². The molecule has 1 amide bonds. The van der Waals surface area contributed by atoms with E-state index in [1.165, 1.54) is 0 Å². The molecule has 1 aromatic rings. The summed E-state index contributed by atoms with van der Waals surface area (Å²) < 4.78 is 5.37. The molecule has 0 saturated heterocycles. The van der Waals surface area contributed by atoms with Gasteiger partial charge in [-0.2, -0.15) is 0 Å². The van der Waals surface area contributed by atoms with Gasteiger partial charge in [-0.25, -0.2) is 4.79 Å². The van der Waals surface area contributed by atoms with Crippen LogP contribution in [0.25, 0.3) is 0 Å². The zero-order valence-corrected chi connectivity index (χ0v) is 12.9. The van der Waals surface area contributed by atoms with Crippen LogP contribution >= 0.6 is 12.2 Å². The van der Waals surface area contributed by atoms with E-state index < -0.39 is 0 Å². The molecule has 0 bridgehead atoms. The van der Waals surface area contributed by atoms with Crippen molar-refractivity contribution in [1.29, 1.82) is 0 Å². The molecule has 0 fully saturated rings. The Hall–Kier alpha value is -1.62. The molecule has 5 heteroatoms. The third kappa shape index (κ3) is 2.93. The molecular formula is C15H20N2O2S. The van der Waals surface area contributed by atoms with Crippen molar-refractivity contribution in [3.05, 3.63) is 24.3 Å². The normalized spacial score (nSPS) is 17.7. The summed E-state index contributed by atoms with van der Waals surface area (Å²) >= 11 is 5.42. The van der Waals surface area contributed by atoms with Gasteiger partial charge in [0.05, 0.1) is 23.5 Å². The summed E-state index contributed by atoms with van der Waals surface area (Å²) in [7, 11) is 0. The van der Waals surface area contributed by atoms with E-state index in [0.717, 1.165) is 24.2 Å². The fraction of sp³-hybridized carbons (Fsp3) is 0.467. The maximum absolute atomic E-state index is 12.4. The minimum absolute atomic E-state index is 0.142. The van der Waals surface area contributed by atoms with Crippen LogP contribution < -0.4 is 10.2 Å². The number of hydrogen-bond acceptors (Lipinski definition) is 3. The molecule has 0 unspecified atom stereocenters. The van der Waals surface area contributed by atoms with Crippen LogP contribution in [0.5, 0.6) is 0 Å². The Kier molecular flexibility index (Phi) is 4.60. The highest BCUT2D eigenvalue weighted by Gasteiger charge is 2.35. The number of carbonyl (C=O) groups is 1. The molecule has 2 rings (SSSR count). The van der Waals surface area contributed by atoms with Crippen LogP contribution in [0.3, 0.4) is 0 Å². The average Bonchev–Trinajstić information content (AvgIpc) is 2.38. The zero-order valence-electron chi connectivity index (χ0n) is 12.1. The molecule has 20 heavy (non-hydrogen) atoms. The Bertz CT molecular complexity index is 516. The van der Waals surface area contributed by atoms with Crippen molar-refractivity contribution < 1.29 is 9.53 Å². The number of carbonyl (C=O) groups excluding carboxylic acids is 1. The van der Waals surface area contributed by atoms with E-state index in [4.69, 9.17) is 17.0 Å². The highest BCUT2D eigenvalue weighted by atomic mass is 32.1. The predicted octanol–water partition coefficient (Wildman–Crippen LogP) is 3.96. The first-order valence-corrected chi connectivity index (χ1v) is 7.35. The van der Waals surface area contributed by atoms with Crippen LogP contribution in [-0.2, 0) is 4.74 Å².